The van der Waals surface area contributed by atoms with Gasteiger partial charge in [-0.15, -0.1) is 0 Å². The van der Waals surface area contributed by atoms with Crippen LogP contribution < -0.4 is 15.8 Å². The van der Waals surface area contributed by atoms with Crippen molar-refractivity contribution in [1.29, 1.82) is 0 Å². The summed E-state index contributed by atoms with van der Waals surface area (Å²) in [6.45, 7) is 0.899. The molecule has 2 aromatic rings. The number of nitrogens with two attached hydrogens (primary N) is 1. The Morgan fingerprint density at radius 2 is 2.28 bits per heavy atom. The third kappa shape index (κ3) is 2.04. The number of para-hydroxylation sites is 1. The van der Waals surface area contributed by atoms with Crippen LogP contribution >= 0.6 is 0 Å². The van der Waals surface area contributed by atoms with Gasteiger partial charge in [0.2, 0.25) is 0 Å². The maximum Gasteiger partial charge on any atom is 0.267 e. The topological polar surface area (TPSA) is 69.3 Å². The van der Waals surface area contributed by atoms with Gasteiger partial charge < -0.3 is 20.4 Å². The molecule has 3 N–H and O–H groups in total. The lowest BCUT2D eigenvalue weighted by Gasteiger charge is -2.07. The third-order valence-corrected chi connectivity index (χ3v) is 2.90. The van der Waals surface area contributed by atoms with E-state index in [4.69, 9.17) is 10.5 Å². The summed E-state index contributed by atoms with van der Waals surface area (Å²) in [5.41, 5.74) is 6.89. The minimum absolute atomic E-state index is 0.124. The number of amides is 1. The monoisotopic (exact) mass is 247 g/mol. The summed E-state index contributed by atoms with van der Waals surface area (Å²) < 4.78 is 7.14. The van der Waals surface area contributed by atoms with E-state index in [1.165, 1.54) is 0 Å². The van der Waals surface area contributed by atoms with E-state index in [2.05, 4.69) is 5.32 Å². The van der Waals surface area contributed by atoms with Crippen molar-refractivity contribution in [3.05, 3.63) is 30.0 Å². The van der Waals surface area contributed by atoms with Gasteiger partial charge in [0.25, 0.3) is 5.91 Å². The lowest BCUT2D eigenvalue weighted by atomic mass is 10.2. The Balaban J connectivity index is 2.47. The van der Waals surface area contributed by atoms with Gasteiger partial charge in [0.15, 0.2) is 0 Å². The molecular formula is C13H17N3O2. The molecule has 0 aliphatic carbocycles. The second-order valence-corrected chi connectivity index (χ2v) is 4.03. The molecule has 1 heterocycles. The summed E-state index contributed by atoms with van der Waals surface area (Å²) in [6, 6.07) is 7.59. The van der Waals surface area contributed by atoms with Crippen molar-refractivity contribution in [2.45, 2.75) is 0 Å². The minimum atomic E-state index is -0.124. The van der Waals surface area contributed by atoms with Crippen LogP contribution in [0.25, 0.3) is 10.9 Å². The van der Waals surface area contributed by atoms with E-state index in [0.29, 0.717) is 18.8 Å². The number of hydrogen-bond acceptors (Lipinski definition) is 3. The first kappa shape index (κ1) is 12.4. The first-order valence-electron chi connectivity index (χ1n) is 5.79. The highest BCUT2D eigenvalue weighted by Crippen LogP contribution is 2.27. The van der Waals surface area contributed by atoms with Gasteiger partial charge in [0.05, 0.1) is 12.6 Å². The molecule has 0 saturated carbocycles. The quantitative estimate of drug-likeness (QED) is 0.842. The maximum absolute atomic E-state index is 12.0. The van der Waals surface area contributed by atoms with Gasteiger partial charge in [0.1, 0.15) is 11.4 Å². The molecule has 0 aliphatic heterocycles. The van der Waals surface area contributed by atoms with Crippen molar-refractivity contribution in [3.8, 4) is 5.75 Å². The van der Waals surface area contributed by atoms with Gasteiger partial charge in [-0.25, -0.2) is 0 Å². The van der Waals surface area contributed by atoms with Crippen molar-refractivity contribution in [3.63, 3.8) is 0 Å². The van der Waals surface area contributed by atoms with Crippen LogP contribution in [0.5, 0.6) is 5.75 Å². The molecule has 96 valence electrons. The Morgan fingerprint density at radius 1 is 1.50 bits per heavy atom. The average Bonchev–Trinajstić information content (AvgIpc) is 2.73. The van der Waals surface area contributed by atoms with Crippen molar-refractivity contribution in [2.75, 3.05) is 20.2 Å². The zero-order valence-corrected chi connectivity index (χ0v) is 10.6. The summed E-state index contributed by atoms with van der Waals surface area (Å²) in [6.07, 6.45) is 0. The molecule has 0 radical (unpaired) electrons. The maximum atomic E-state index is 12.0. The van der Waals surface area contributed by atoms with Crippen LogP contribution in [0, 0.1) is 0 Å². The number of rotatable bonds is 4. The molecule has 1 amide bonds. The van der Waals surface area contributed by atoms with Gasteiger partial charge in [-0.2, -0.15) is 0 Å². The number of benzene rings is 1. The van der Waals surface area contributed by atoms with Crippen LogP contribution in [-0.4, -0.2) is 30.7 Å². The van der Waals surface area contributed by atoms with E-state index in [-0.39, 0.29) is 5.91 Å². The van der Waals surface area contributed by atoms with Crippen molar-refractivity contribution in [1.82, 2.24) is 9.88 Å². The molecule has 1 aromatic heterocycles. The van der Waals surface area contributed by atoms with E-state index in [1.807, 2.05) is 35.9 Å². The Kier molecular flexibility index (Phi) is 3.53. The number of aryl methyl sites for hydroxylation is 1. The van der Waals surface area contributed by atoms with Gasteiger partial charge in [-0.05, 0) is 12.1 Å². The molecule has 1 aromatic carbocycles. The molecule has 0 unspecified atom stereocenters. The number of carbonyl (C=O) groups excluding carboxylic acids is 1. The smallest absolute Gasteiger partial charge is 0.267 e. The van der Waals surface area contributed by atoms with Crippen LogP contribution in [0.15, 0.2) is 24.3 Å². The van der Waals surface area contributed by atoms with Crippen LogP contribution in [0.4, 0.5) is 0 Å². The van der Waals surface area contributed by atoms with Gasteiger partial charge in [0, 0.05) is 25.5 Å². The summed E-state index contributed by atoms with van der Waals surface area (Å²) in [7, 11) is 3.47. The van der Waals surface area contributed by atoms with Gasteiger partial charge >= 0.3 is 0 Å². The Labute approximate surface area is 106 Å². The zero-order chi connectivity index (χ0) is 13.1. The van der Waals surface area contributed by atoms with Gasteiger partial charge in [-0.3, -0.25) is 4.79 Å². The summed E-state index contributed by atoms with van der Waals surface area (Å²) >= 11 is 0. The fourth-order valence-electron chi connectivity index (χ4n) is 2.04. The first-order valence-corrected chi connectivity index (χ1v) is 5.79. The molecule has 0 bridgehead atoms. The highest BCUT2D eigenvalue weighted by Gasteiger charge is 2.15. The number of fused-ring (bicyclic) bond motifs is 1. The van der Waals surface area contributed by atoms with Crippen LogP contribution in [-0.2, 0) is 7.05 Å². The van der Waals surface area contributed by atoms with Crippen molar-refractivity contribution >= 4 is 16.8 Å². The predicted molar refractivity (Wildman–Crippen MR) is 70.9 cm³/mol. The number of hydrogen-bond donors (Lipinski definition) is 2. The predicted octanol–water partition coefficient (Wildman–Crippen LogP) is 0.875. The second-order valence-electron chi connectivity index (χ2n) is 4.03. The zero-order valence-electron chi connectivity index (χ0n) is 10.6. The number of nitrogens with one attached hydrogen (secondary N) is 1. The van der Waals surface area contributed by atoms with E-state index < -0.39 is 0 Å². The normalized spacial score (nSPS) is 10.6. The Morgan fingerprint density at radius 3 is 2.94 bits per heavy atom. The number of aromatic nitrogens is 1. The van der Waals surface area contributed by atoms with Crippen LogP contribution in [0.2, 0.25) is 0 Å². The molecule has 0 fully saturated rings. The number of carbonyl (C=O) groups is 1. The summed E-state index contributed by atoms with van der Waals surface area (Å²) in [4.78, 5) is 12.0. The molecule has 5 nitrogen and oxygen atoms in total. The average molecular weight is 247 g/mol. The SMILES string of the molecule is COc1cccc2cc(C(=O)NCCN)n(C)c12. The Bertz CT molecular complexity index is 575. The number of methoxy groups -OCH3 is 1. The molecule has 2 rings (SSSR count). The fraction of sp³-hybridized carbons (Fsp3) is 0.308. The fourth-order valence-corrected chi connectivity index (χ4v) is 2.04. The second kappa shape index (κ2) is 5.10. The molecule has 0 saturated heterocycles. The van der Waals surface area contributed by atoms with Crippen molar-refractivity contribution in [2.24, 2.45) is 12.8 Å². The molecular weight excluding hydrogens is 230 g/mol. The Hall–Kier alpha value is -2.01. The minimum Gasteiger partial charge on any atom is -0.495 e. The largest absolute Gasteiger partial charge is 0.495 e. The van der Waals surface area contributed by atoms with E-state index >= 15 is 0 Å². The van der Waals surface area contributed by atoms with E-state index in [0.717, 1.165) is 16.7 Å². The van der Waals surface area contributed by atoms with Gasteiger partial charge in [-0.1, -0.05) is 12.1 Å². The molecule has 5 heteroatoms. The summed E-state index contributed by atoms with van der Waals surface area (Å²) in [5, 5.41) is 3.74. The van der Waals surface area contributed by atoms with Crippen LogP contribution in [0.1, 0.15) is 10.5 Å². The van der Waals surface area contributed by atoms with Crippen molar-refractivity contribution < 1.29 is 9.53 Å². The lowest BCUT2D eigenvalue weighted by Crippen LogP contribution is -2.30. The molecule has 0 aliphatic rings. The number of ether oxygens (including phenoxy) is 1. The number of nitrogens with zero attached hydrogens (tertiary/aromatic N) is 1. The highest BCUT2D eigenvalue weighted by molar-refractivity contribution is 6.00. The highest BCUT2D eigenvalue weighted by atomic mass is 16.5. The van der Waals surface area contributed by atoms with E-state index in [1.54, 1.807) is 7.11 Å². The first-order chi connectivity index (χ1) is 8.69. The van der Waals surface area contributed by atoms with E-state index in [9.17, 15) is 4.79 Å². The van der Waals surface area contributed by atoms with Crippen LogP contribution in [0.3, 0.4) is 0 Å². The summed E-state index contributed by atoms with van der Waals surface area (Å²) in [5.74, 6) is 0.633. The standard InChI is InChI=1S/C13H17N3O2/c1-16-10(13(17)15-7-6-14)8-9-4-3-5-11(18-2)12(9)16/h3-5,8H,6-7,14H2,1-2H3,(H,15,17). The molecule has 0 spiro atoms. The third-order valence-electron chi connectivity index (χ3n) is 2.90. The molecule has 0 atom stereocenters. The molecule has 18 heavy (non-hydrogen) atoms. The lowest BCUT2D eigenvalue weighted by molar-refractivity contribution is 0.0947.